The van der Waals surface area contributed by atoms with E-state index in [0.717, 1.165) is 37.1 Å². The third-order valence-corrected chi connectivity index (χ3v) is 3.51. The van der Waals surface area contributed by atoms with E-state index in [1.807, 2.05) is 6.92 Å². The Balaban J connectivity index is 2.34. The number of thioether (sulfide) groups is 1. The van der Waals surface area contributed by atoms with Crippen molar-refractivity contribution in [3.8, 4) is 0 Å². The Kier molecular flexibility index (Phi) is 5.77. The second kappa shape index (κ2) is 6.86. The third-order valence-electron chi connectivity index (χ3n) is 2.39. The molecule has 1 nitrogen and oxygen atoms in total. The predicted molar refractivity (Wildman–Crippen MR) is 64.6 cm³/mol. The SMILES string of the molecule is CCC(N)CCCSc1cc(F)ccc1F. The minimum absolute atomic E-state index is 0.220. The highest BCUT2D eigenvalue weighted by Crippen LogP contribution is 2.23. The molecule has 0 spiro atoms. The van der Waals surface area contributed by atoms with Crippen molar-refractivity contribution in [2.24, 2.45) is 5.73 Å². The molecule has 0 fully saturated rings. The van der Waals surface area contributed by atoms with Gasteiger partial charge in [0.15, 0.2) is 0 Å². The minimum atomic E-state index is -0.394. The second-order valence-corrected chi connectivity index (χ2v) is 4.87. The van der Waals surface area contributed by atoms with Gasteiger partial charge in [0.1, 0.15) is 11.6 Å². The number of benzene rings is 1. The summed E-state index contributed by atoms with van der Waals surface area (Å²) < 4.78 is 26.0. The Morgan fingerprint density at radius 2 is 2.12 bits per heavy atom. The molecule has 90 valence electrons. The maximum atomic E-state index is 13.2. The van der Waals surface area contributed by atoms with Crippen LogP contribution in [0.5, 0.6) is 0 Å². The predicted octanol–water partition coefficient (Wildman–Crippen LogP) is 3.57. The van der Waals surface area contributed by atoms with Crippen molar-refractivity contribution in [3.05, 3.63) is 29.8 Å². The van der Waals surface area contributed by atoms with Gasteiger partial charge in [0.2, 0.25) is 0 Å². The second-order valence-electron chi connectivity index (χ2n) is 3.73. The molecular formula is C12H17F2NS. The highest BCUT2D eigenvalue weighted by molar-refractivity contribution is 7.99. The van der Waals surface area contributed by atoms with E-state index in [9.17, 15) is 8.78 Å². The molecule has 0 aromatic heterocycles. The van der Waals surface area contributed by atoms with E-state index in [1.54, 1.807) is 0 Å². The van der Waals surface area contributed by atoms with Crippen LogP contribution in [-0.4, -0.2) is 11.8 Å². The summed E-state index contributed by atoms with van der Waals surface area (Å²) in [5, 5.41) is 0. The van der Waals surface area contributed by atoms with Gasteiger partial charge in [-0.2, -0.15) is 0 Å². The van der Waals surface area contributed by atoms with Gasteiger partial charge in [-0.15, -0.1) is 11.8 Å². The van der Waals surface area contributed by atoms with E-state index in [1.165, 1.54) is 17.8 Å². The summed E-state index contributed by atoms with van der Waals surface area (Å²) >= 11 is 1.34. The molecule has 0 aliphatic carbocycles. The van der Waals surface area contributed by atoms with Gasteiger partial charge < -0.3 is 5.73 Å². The summed E-state index contributed by atoms with van der Waals surface area (Å²) in [6.45, 7) is 2.05. The van der Waals surface area contributed by atoms with E-state index in [2.05, 4.69) is 0 Å². The van der Waals surface area contributed by atoms with Crippen molar-refractivity contribution >= 4 is 11.8 Å². The zero-order valence-electron chi connectivity index (χ0n) is 9.38. The first-order valence-corrected chi connectivity index (χ1v) is 6.45. The first-order valence-electron chi connectivity index (χ1n) is 5.47. The molecule has 1 rings (SSSR count). The van der Waals surface area contributed by atoms with Gasteiger partial charge in [0, 0.05) is 10.9 Å². The van der Waals surface area contributed by atoms with E-state index in [4.69, 9.17) is 5.73 Å². The number of halogens is 2. The summed E-state index contributed by atoms with van der Waals surface area (Å²) in [4.78, 5) is 0.380. The summed E-state index contributed by atoms with van der Waals surface area (Å²) in [5.74, 6) is 0.0222. The number of nitrogens with two attached hydrogens (primary N) is 1. The van der Waals surface area contributed by atoms with Gasteiger partial charge in [-0.3, -0.25) is 0 Å². The van der Waals surface area contributed by atoms with Crippen molar-refractivity contribution in [2.75, 3.05) is 5.75 Å². The molecule has 1 aromatic carbocycles. The maximum absolute atomic E-state index is 13.2. The molecule has 0 saturated carbocycles. The van der Waals surface area contributed by atoms with Crippen molar-refractivity contribution in [2.45, 2.75) is 37.1 Å². The molecule has 4 heteroatoms. The van der Waals surface area contributed by atoms with Crippen molar-refractivity contribution < 1.29 is 8.78 Å². The van der Waals surface area contributed by atoms with Gasteiger partial charge in [-0.25, -0.2) is 8.78 Å². The average Bonchev–Trinajstić information content (AvgIpc) is 2.28. The highest BCUT2D eigenvalue weighted by Gasteiger charge is 2.05. The number of rotatable bonds is 6. The van der Waals surface area contributed by atoms with E-state index in [-0.39, 0.29) is 11.9 Å². The van der Waals surface area contributed by atoms with Gasteiger partial charge in [-0.1, -0.05) is 6.92 Å². The highest BCUT2D eigenvalue weighted by atomic mass is 32.2. The molecule has 16 heavy (non-hydrogen) atoms. The van der Waals surface area contributed by atoms with Crippen molar-refractivity contribution in [3.63, 3.8) is 0 Å². The van der Waals surface area contributed by atoms with E-state index >= 15 is 0 Å². The number of hydrogen-bond acceptors (Lipinski definition) is 2. The van der Waals surface area contributed by atoms with Crippen LogP contribution in [0.2, 0.25) is 0 Å². The fourth-order valence-electron chi connectivity index (χ4n) is 1.32. The lowest BCUT2D eigenvalue weighted by molar-refractivity contribution is 0.575. The van der Waals surface area contributed by atoms with E-state index in [0.29, 0.717) is 4.90 Å². The van der Waals surface area contributed by atoms with Crippen LogP contribution in [0.15, 0.2) is 23.1 Å². The third kappa shape index (κ3) is 4.49. The Hall–Kier alpha value is -0.610. The first kappa shape index (κ1) is 13.5. The van der Waals surface area contributed by atoms with Gasteiger partial charge in [-0.05, 0) is 43.2 Å². The zero-order chi connectivity index (χ0) is 12.0. The molecule has 0 aliphatic heterocycles. The largest absolute Gasteiger partial charge is 0.328 e. The molecule has 0 heterocycles. The normalized spacial score (nSPS) is 12.8. The molecule has 0 aliphatic rings. The molecule has 0 amide bonds. The fraction of sp³-hybridized carbons (Fsp3) is 0.500. The van der Waals surface area contributed by atoms with Crippen LogP contribution in [0.3, 0.4) is 0 Å². The lowest BCUT2D eigenvalue weighted by atomic mass is 10.1. The van der Waals surface area contributed by atoms with E-state index < -0.39 is 5.82 Å². The minimum Gasteiger partial charge on any atom is -0.328 e. The lowest BCUT2D eigenvalue weighted by Crippen LogP contribution is -2.18. The van der Waals surface area contributed by atoms with Crippen molar-refractivity contribution in [1.82, 2.24) is 0 Å². The lowest BCUT2D eigenvalue weighted by Gasteiger charge is -2.08. The van der Waals surface area contributed by atoms with Gasteiger partial charge in [0.25, 0.3) is 0 Å². The van der Waals surface area contributed by atoms with Crippen LogP contribution in [0.25, 0.3) is 0 Å². The van der Waals surface area contributed by atoms with Crippen LogP contribution >= 0.6 is 11.8 Å². The van der Waals surface area contributed by atoms with Crippen LogP contribution < -0.4 is 5.73 Å². The summed E-state index contributed by atoms with van der Waals surface area (Å²) in [6, 6.07) is 3.75. The van der Waals surface area contributed by atoms with Gasteiger partial charge >= 0.3 is 0 Å². The fourth-order valence-corrected chi connectivity index (χ4v) is 2.25. The quantitative estimate of drug-likeness (QED) is 0.612. The maximum Gasteiger partial charge on any atom is 0.136 e. The Morgan fingerprint density at radius 1 is 1.38 bits per heavy atom. The zero-order valence-corrected chi connectivity index (χ0v) is 10.2. The van der Waals surface area contributed by atoms with Gasteiger partial charge in [0.05, 0.1) is 0 Å². The monoisotopic (exact) mass is 245 g/mol. The molecule has 1 aromatic rings. The number of hydrogen-bond donors (Lipinski definition) is 1. The topological polar surface area (TPSA) is 26.0 Å². The Bertz CT molecular complexity index is 331. The Labute approximate surface area is 99.4 Å². The molecule has 2 N–H and O–H groups in total. The van der Waals surface area contributed by atoms with Crippen LogP contribution in [0.4, 0.5) is 8.78 Å². The molecule has 0 radical (unpaired) electrons. The summed E-state index contributed by atoms with van der Waals surface area (Å²) in [5.41, 5.74) is 5.76. The van der Waals surface area contributed by atoms with Crippen LogP contribution in [0, 0.1) is 11.6 Å². The molecule has 0 saturated heterocycles. The summed E-state index contributed by atoms with van der Waals surface area (Å²) in [7, 11) is 0. The average molecular weight is 245 g/mol. The molecule has 1 atom stereocenters. The molecule has 0 bridgehead atoms. The van der Waals surface area contributed by atoms with Crippen molar-refractivity contribution in [1.29, 1.82) is 0 Å². The standard InChI is InChI=1S/C12H17F2NS/c1-2-10(15)4-3-7-16-12-8-9(13)5-6-11(12)14/h5-6,8,10H,2-4,7,15H2,1H3. The summed E-state index contributed by atoms with van der Waals surface area (Å²) in [6.07, 6.45) is 2.81. The smallest absolute Gasteiger partial charge is 0.136 e. The molecule has 1 unspecified atom stereocenters. The van der Waals surface area contributed by atoms with Crippen LogP contribution in [-0.2, 0) is 0 Å². The van der Waals surface area contributed by atoms with Crippen LogP contribution in [0.1, 0.15) is 26.2 Å². The Morgan fingerprint density at radius 3 is 2.81 bits per heavy atom. The molecular weight excluding hydrogens is 228 g/mol. The first-order chi connectivity index (χ1) is 7.63.